The molecule has 1 fully saturated rings. The zero-order valence-corrected chi connectivity index (χ0v) is 13.4. The summed E-state index contributed by atoms with van der Waals surface area (Å²) in [5.74, 6) is 0.291. The number of sulfonamides is 1. The van der Waals surface area contributed by atoms with Crippen LogP contribution >= 0.6 is 0 Å². The molecule has 5 nitrogen and oxygen atoms in total. The second-order valence-electron chi connectivity index (χ2n) is 5.15. The van der Waals surface area contributed by atoms with Crippen molar-refractivity contribution in [3.05, 3.63) is 0 Å². The first-order valence-electron chi connectivity index (χ1n) is 7.41. The van der Waals surface area contributed by atoms with E-state index < -0.39 is 10.0 Å². The van der Waals surface area contributed by atoms with E-state index in [4.69, 9.17) is 0 Å². The number of nitrogens with one attached hydrogen (secondary N) is 1. The highest BCUT2D eigenvalue weighted by molar-refractivity contribution is 7.89. The highest BCUT2D eigenvalue weighted by Gasteiger charge is 2.32. The Balaban J connectivity index is 2.43. The minimum Gasteiger partial charge on any atom is -0.320 e. The minimum atomic E-state index is -3.04. The lowest BCUT2D eigenvalue weighted by Crippen LogP contribution is -2.39. The molecule has 1 unspecified atom stereocenters. The molecule has 0 bridgehead atoms. The van der Waals surface area contributed by atoms with Crippen LogP contribution < -0.4 is 5.32 Å². The Morgan fingerprint density at radius 1 is 1.26 bits per heavy atom. The van der Waals surface area contributed by atoms with Crippen LogP contribution in [0.5, 0.6) is 0 Å². The molecule has 1 aliphatic heterocycles. The van der Waals surface area contributed by atoms with E-state index in [0.717, 1.165) is 38.9 Å². The zero-order chi connectivity index (χ0) is 14.3. The van der Waals surface area contributed by atoms with Gasteiger partial charge in [-0.25, -0.2) is 12.7 Å². The van der Waals surface area contributed by atoms with Gasteiger partial charge in [-0.15, -0.1) is 0 Å². The van der Waals surface area contributed by atoms with E-state index >= 15 is 0 Å². The summed E-state index contributed by atoms with van der Waals surface area (Å²) >= 11 is 0. The molecule has 0 aliphatic carbocycles. The molecule has 1 heterocycles. The van der Waals surface area contributed by atoms with Crippen molar-refractivity contribution in [2.45, 2.75) is 39.2 Å². The lowest BCUT2D eigenvalue weighted by molar-refractivity contribution is 0.224. The van der Waals surface area contributed by atoms with Gasteiger partial charge in [0.05, 0.1) is 5.75 Å². The molecule has 1 saturated heterocycles. The Bertz CT molecular complexity index is 342. The molecule has 0 aromatic heterocycles. The predicted octanol–water partition coefficient (Wildman–Crippen LogP) is 0.732. The third-order valence-electron chi connectivity index (χ3n) is 3.93. The standard InChI is InChI=1S/C13H29N3O2S/c1-4-15(5-2)13-8-10-16(12-13)19(17,18)11-7-6-9-14-3/h13-14H,4-12H2,1-3H3. The maximum absolute atomic E-state index is 12.2. The fourth-order valence-electron chi connectivity index (χ4n) is 2.72. The molecule has 6 heteroatoms. The molecule has 1 N–H and O–H groups in total. The van der Waals surface area contributed by atoms with Crippen LogP contribution in [-0.4, -0.2) is 69.2 Å². The molecule has 1 rings (SSSR count). The van der Waals surface area contributed by atoms with Gasteiger partial charge in [-0.1, -0.05) is 13.8 Å². The number of hydrogen-bond donors (Lipinski definition) is 1. The number of hydrogen-bond acceptors (Lipinski definition) is 4. The maximum Gasteiger partial charge on any atom is 0.214 e. The molecule has 0 aromatic rings. The summed E-state index contributed by atoms with van der Waals surface area (Å²) in [6, 6.07) is 0.405. The molecule has 0 radical (unpaired) electrons. The number of unbranched alkanes of at least 4 members (excludes halogenated alkanes) is 1. The third kappa shape index (κ3) is 5.02. The summed E-state index contributed by atoms with van der Waals surface area (Å²) in [4.78, 5) is 2.36. The number of nitrogens with zero attached hydrogens (tertiary/aromatic N) is 2. The van der Waals surface area contributed by atoms with Crippen molar-refractivity contribution in [3.63, 3.8) is 0 Å². The molecule has 0 spiro atoms. The lowest BCUT2D eigenvalue weighted by Gasteiger charge is -2.26. The largest absolute Gasteiger partial charge is 0.320 e. The Morgan fingerprint density at radius 2 is 1.95 bits per heavy atom. The van der Waals surface area contributed by atoms with E-state index in [1.807, 2.05) is 7.05 Å². The highest BCUT2D eigenvalue weighted by atomic mass is 32.2. The van der Waals surface area contributed by atoms with Crippen molar-refractivity contribution >= 4 is 10.0 Å². The van der Waals surface area contributed by atoms with E-state index in [2.05, 4.69) is 24.1 Å². The van der Waals surface area contributed by atoms with Crippen molar-refractivity contribution in [3.8, 4) is 0 Å². The fraction of sp³-hybridized carbons (Fsp3) is 1.00. The monoisotopic (exact) mass is 291 g/mol. The molecule has 0 saturated carbocycles. The van der Waals surface area contributed by atoms with Gasteiger partial charge >= 0.3 is 0 Å². The molecular formula is C13H29N3O2S. The van der Waals surface area contributed by atoms with Crippen molar-refractivity contribution in [1.82, 2.24) is 14.5 Å². The van der Waals surface area contributed by atoms with Crippen LogP contribution in [0.2, 0.25) is 0 Å². The Kier molecular flexibility index (Phi) is 7.28. The van der Waals surface area contributed by atoms with Gasteiger partial charge in [0.2, 0.25) is 10.0 Å². The molecular weight excluding hydrogens is 262 g/mol. The van der Waals surface area contributed by atoms with Gasteiger partial charge in [0, 0.05) is 19.1 Å². The number of rotatable bonds is 9. The van der Waals surface area contributed by atoms with E-state index in [1.165, 1.54) is 0 Å². The third-order valence-corrected chi connectivity index (χ3v) is 5.85. The van der Waals surface area contributed by atoms with Crippen LogP contribution in [0.4, 0.5) is 0 Å². The first-order chi connectivity index (χ1) is 9.05. The smallest absolute Gasteiger partial charge is 0.214 e. The highest BCUT2D eigenvalue weighted by Crippen LogP contribution is 2.19. The molecule has 1 aliphatic rings. The van der Waals surface area contributed by atoms with Crippen LogP contribution in [0.3, 0.4) is 0 Å². The first kappa shape index (κ1) is 16.9. The Labute approximate surface area is 118 Å². The van der Waals surface area contributed by atoms with Gasteiger partial charge in [0.15, 0.2) is 0 Å². The summed E-state index contributed by atoms with van der Waals surface area (Å²) in [5, 5.41) is 3.05. The van der Waals surface area contributed by atoms with Gasteiger partial charge in [-0.3, -0.25) is 4.90 Å². The summed E-state index contributed by atoms with van der Waals surface area (Å²) in [5.41, 5.74) is 0. The summed E-state index contributed by atoms with van der Waals surface area (Å²) in [7, 11) is -1.15. The molecule has 1 atom stereocenters. The molecule has 114 valence electrons. The molecule has 0 aromatic carbocycles. The van der Waals surface area contributed by atoms with Gasteiger partial charge in [0.25, 0.3) is 0 Å². The van der Waals surface area contributed by atoms with E-state index in [-0.39, 0.29) is 0 Å². The average molecular weight is 291 g/mol. The zero-order valence-electron chi connectivity index (χ0n) is 12.6. The van der Waals surface area contributed by atoms with Gasteiger partial charge in [-0.2, -0.15) is 0 Å². The number of likely N-dealkylation sites (N-methyl/N-ethyl adjacent to an activating group) is 1. The molecule has 0 amide bonds. The quantitative estimate of drug-likeness (QED) is 0.636. The van der Waals surface area contributed by atoms with Crippen molar-refractivity contribution in [1.29, 1.82) is 0 Å². The van der Waals surface area contributed by atoms with Crippen molar-refractivity contribution < 1.29 is 8.42 Å². The lowest BCUT2D eigenvalue weighted by atomic mass is 10.2. The Hall–Kier alpha value is -0.170. The van der Waals surface area contributed by atoms with Crippen LogP contribution in [-0.2, 0) is 10.0 Å². The van der Waals surface area contributed by atoms with Gasteiger partial charge in [-0.05, 0) is 45.9 Å². The average Bonchev–Trinajstić information content (AvgIpc) is 2.87. The van der Waals surface area contributed by atoms with Crippen LogP contribution in [0.25, 0.3) is 0 Å². The van der Waals surface area contributed by atoms with Crippen LogP contribution in [0.1, 0.15) is 33.1 Å². The van der Waals surface area contributed by atoms with E-state index in [9.17, 15) is 8.42 Å². The normalized spacial score (nSPS) is 21.4. The maximum atomic E-state index is 12.2. The second-order valence-corrected chi connectivity index (χ2v) is 7.24. The summed E-state index contributed by atoms with van der Waals surface area (Å²) in [6.45, 7) is 8.52. The Morgan fingerprint density at radius 3 is 2.53 bits per heavy atom. The summed E-state index contributed by atoms with van der Waals surface area (Å²) < 4.78 is 26.1. The van der Waals surface area contributed by atoms with Crippen molar-refractivity contribution in [2.75, 3.05) is 45.5 Å². The SMILES string of the molecule is CCN(CC)C1CCN(S(=O)(=O)CCCCNC)C1. The minimum absolute atomic E-state index is 0.291. The summed E-state index contributed by atoms with van der Waals surface area (Å²) in [6.07, 6.45) is 2.63. The topological polar surface area (TPSA) is 52.7 Å². The fourth-order valence-corrected chi connectivity index (χ4v) is 4.33. The molecule has 19 heavy (non-hydrogen) atoms. The van der Waals surface area contributed by atoms with Crippen LogP contribution in [0.15, 0.2) is 0 Å². The van der Waals surface area contributed by atoms with E-state index in [0.29, 0.717) is 24.9 Å². The van der Waals surface area contributed by atoms with Gasteiger partial charge in [0.1, 0.15) is 0 Å². The van der Waals surface area contributed by atoms with E-state index in [1.54, 1.807) is 4.31 Å². The van der Waals surface area contributed by atoms with Crippen molar-refractivity contribution in [2.24, 2.45) is 0 Å². The van der Waals surface area contributed by atoms with Crippen LogP contribution in [0, 0.1) is 0 Å². The second kappa shape index (κ2) is 8.19. The predicted molar refractivity (Wildman–Crippen MR) is 79.8 cm³/mol. The van der Waals surface area contributed by atoms with Gasteiger partial charge < -0.3 is 5.32 Å². The first-order valence-corrected chi connectivity index (χ1v) is 9.02.